The van der Waals surface area contributed by atoms with Crippen LogP contribution in [0.2, 0.25) is 0 Å². The van der Waals surface area contributed by atoms with Crippen molar-refractivity contribution in [2.24, 2.45) is 5.41 Å². The van der Waals surface area contributed by atoms with Gasteiger partial charge in [0.05, 0.1) is 18.7 Å². The van der Waals surface area contributed by atoms with E-state index < -0.39 is 12.1 Å². The number of hydrogen-bond acceptors (Lipinski definition) is 8. The summed E-state index contributed by atoms with van der Waals surface area (Å²) >= 11 is 3.35. The summed E-state index contributed by atoms with van der Waals surface area (Å²) in [5, 5.41) is 10.6. The second-order valence-corrected chi connectivity index (χ2v) is 12.5. The topological polar surface area (TPSA) is 145 Å². The van der Waals surface area contributed by atoms with Crippen molar-refractivity contribution in [3.63, 3.8) is 0 Å². The number of piperidine rings is 1. The van der Waals surface area contributed by atoms with E-state index in [4.69, 9.17) is 9.47 Å². The number of benzene rings is 1. The lowest BCUT2D eigenvalue weighted by Crippen LogP contribution is -2.47. The van der Waals surface area contributed by atoms with Gasteiger partial charge in [-0.25, -0.2) is 9.78 Å². The number of hydrogen-bond donors (Lipinski definition) is 2. The number of pyridine rings is 1. The fourth-order valence-corrected chi connectivity index (χ4v) is 6.29. The van der Waals surface area contributed by atoms with Gasteiger partial charge in [0.25, 0.3) is 0 Å². The standard InChI is InChI=1S/C33H37BrN6O6/c1-5-7-8-13-35-32(44)46-22-10-11-23-24(15-22)39(38-29(23)21(4)41)18-28(42)40-25(16-33(17-26(33)40)19-45-14-6-2)31(43)37-30-20(3)9-12-27(34)36-30/h5-6,9-12,15,25-26H,1-2,7-8,13-14,16-19H2,3-4H3,(H,35,44)(H,36,37,43)/t25-,26-,33-/m1/s1. The summed E-state index contributed by atoms with van der Waals surface area (Å²) in [5.74, 6) is -0.320. The first kappa shape index (κ1) is 33.0. The third-order valence-electron chi connectivity index (χ3n) is 8.35. The molecule has 5 rings (SSSR count). The number of aryl methyl sites for hydroxylation is 1. The second kappa shape index (κ2) is 14.0. The van der Waals surface area contributed by atoms with Gasteiger partial charge in [-0.2, -0.15) is 5.10 Å². The van der Waals surface area contributed by atoms with Crippen LogP contribution in [0, 0.1) is 12.3 Å². The summed E-state index contributed by atoms with van der Waals surface area (Å²) in [4.78, 5) is 58.6. The number of fused-ring (bicyclic) bond motifs is 2. The number of ether oxygens (including phenoxy) is 2. The number of Topliss-reactive ketones (excluding diaryl/α,β-unsaturated/α-hetero) is 1. The van der Waals surface area contributed by atoms with Gasteiger partial charge < -0.3 is 25.0 Å². The molecular weight excluding hydrogens is 656 g/mol. The van der Waals surface area contributed by atoms with Crippen molar-refractivity contribution in [2.45, 2.75) is 58.2 Å². The summed E-state index contributed by atoms with van der Waals surface area (Å²) < 4.78 is 13.3. The Morgan fingerprint density at radius 3 is 2.70 bits per heavy atom. The molecule has 1 saturated carbocycles. The van der Waals surface area contributed by atoms with Crippen LogP contribution in [0.3, 0.4) is 0 Å². The Balaban J connectivity index is 1.40. The Labute approximate surface area is 275 Å². The number of likely N-dealkylation sites (tertiary alicyclic amines) is 1. The third kappa shape index (κ3) is 7.05. The van der Waals surface area contributed by atoms with Crippen LogP contribution in [-0.4, -0.2) is 75.2 Å². The first-order valence-electron chi connectivity index (χ1n) is 15.1. The van der Waals surface area contributed by atoms with Crippen molar-refractivity contribution < 1.29 is 28.7 Å². The highest BCUT2D eigenvalue weighted by molar-refractivity contribution is 9.10. The molecule has 1 aromatic carbocycles. The molecule has 2 aromatic heterocycles. The molecule has 46 heavy (non-hydrogen) atoms. The van der Waals surface area contributed by atoms with Crippen LogP contribution in [0.25, 0.3) is 10.9 Å². The van der Waals surface area contributed by atoms with Crippen molar-refractivity contribution in [3.05, 3.63) is 71.5 Å². The van der Waals surface area contributed by atoms with Crippen LogP contribution < -0.4 is 15.4 Å². The maximum Gasteiger partial charge on any atom is 0.412 e. The molecule has 3 atom stereocenters. The van der Waals surface area contributed by atoms with Crippen molar-refractivity contribution in [1.82, 2.24) is 25.0 Å². The molecule has 2 aliphatic rings. The molecule has 2 N–H and O–H groups in total. The number of nitrogens with zero attached hydrogens (tertiary/aromatic N) is 4. The van der Waals surface area contributed by atoms with E-state index in [1.807, 2.05) is 13.0 Å². The van der Waals surface area contributed by atoms with E-state index in [1.54, 1.807) is 41.3 Å². The van der Waals surface area contributed by atoms with Gasteiger partial charge >= 0.3 is 6.09 Å². The Hall–Kier alpha value is -4.36. The average molecular weight is 694 g/mol. The minimum Gasteiger partial charge on any atom is -0.410 e. The number of carbonyl (C=O) groups is 4. The van der Waals surface area contributed by atoms with Gasteiger partial charge in [-0.05, 0) is 72.3 Å². The zero-order chi connectivity index (χ0) is 33.0. The van der Waals surface area contributed by atoms with Crippen LogP contribution in [0.15, 0.2) is 60.2 Å². The second-order valence-electron chi connectivity index (χ2n) is 11.7. The quantitative estimate of drug-likeness (QED) is 0.104. The maximum atomic E-state index is 14.1. The molecule has 3 amide bonds. The molecular formula is C33H37BrN6O6. The maximum absolute atomic E-state index is 14.1. The lowest BCUT2D eigenvalue weighted by atomic mass is 10.00. The van der Waals surface area contributed by atoms with Gasteiger partial charge in [0.2, 0.25) is 11.8 Å². The number of amides is 3. The van der Waals surface area contributed by atoms with E-state index in [9.17, 15) is 19.2 Å². The molecule has 12 nitrogen and oxygen atoms in total. The third-order valence-corrected chi connectivity index (χ3v) is 8.79. The van der Waals surface area contributed by atoms with Crippen LogP contribution in [0.4, 0.5) is 10.6 Å². The van der Waals surface area contributed by atoms with Gasteiger partial charge in [-0.15, -0.1) is 13.2 Å². The number of anilines is 1. The highest BCUT2D eigenvalue weighted by atomic mass is 79.9. The van der Waals surface area contributed by atoms with Gasteiger partial charge in [-0.1, -0.05) is 18.2 Å². The molecule has 3 aromatic rings. The minimum absolute atomic E-state index is 0.189. The zero-order valence-electron chi connectivity index (χ0n) is 25.9. The number of halogens is 1. The van der Waals surface area contributed by atoms with Gasteiger partial charge in [-0.3, -0.25) is 19.1 Å². The van der Waals surface area contributed by atoms with Crippen LogP contribution >= 0.6 is 15.9 Å². The van der Waals surface area contributed by atoms with Gasteiger partial charge in [0.15, 0.2) is 5.78 Å². The Bertz CT molecular complexity index is 1700. The Morgan fingerprint density at radius 2 is 1.96 bits per heavy atom. The summed E-state index contributed by atoms with van der Waals surface area (Å²) in [6, 6.07) is 7.45. The number of carbonyl (C=O) groups excluding carboxylic acids is 4. The van der Waals surface area contributed by atoms with Crippen molar-refractivity contribution >= 4 is 56.3 Å². The molecule has 2 fully saturated rings. The molecule has 0 radical (unpaired) electrons. The smallest absolute Gasteiger partial charge is 0.410 e. The van der Waals surface area contributed by atoms with Gasteiger partial charge in [0, 0.05) is 36.4 Å². The normalized spacial score (nSPS) is 19.8. The molecule has 1 aliphatic heterocycles. The minimum atomic E-state index is -0.767. The molecule has 0 spiro atoms. The van der Waals surface area contributed by atoms with Crippen LogP contribution in [-0.2, 0) is 20.9 Å². The van der Waals surface area contributed by atoms with Crippen molar-refractivity contribution in [1.29, 1.82) is 0 Å². The number of allylic oxidation sites excluding steroid dienone is 1. The molecule has 13 heteroatoms. The fraction of sp³-hybridized carbons (Fsp3) is 0.394. The van der Waals surface area contributed by atoms with E-state index >= 15 is 0 Å². The lowest BCUT2D eigenvalue weighted by molar-refractivity contribution is -0.138. The van der Waals surface area contributed by atoms with E-state index in [2.05, 4.69) is 49.8 Å². The summed E-state index contributed by atoms with van der Waals surface area (Å²) in [5.41, 5.74) is 1.07. The van der Waals surface area contributed by atoms with Crippen LogP contribution in [0.1, 0.15) is 48.7 Å². The number of nitrogens with one attached hydrogen (secondary N) is 2. The van der Waals surface area contributed by atoms with Gasteiger partial charge in [0.1, 0.15) is 34.5 Å². The van der Waals surface area contributed by atoms with E-state index in [1.165, 1.54) is 11.6 Å². The monoisotopic (exact) mass is 692 g/mol. The molecule has 1 aliphatic carbocycles. The summed E-state index contributed by atoms with van der Waals surface area (Å²) in [6.07, 6.45) is 5.43. The first-order valence-corrected chi connectivity index (χ1v) is 15.9. The van der Waals surface area contributed by atoms with E-state index in [0.29, 0.717) is 53.9 Å². The predicted molar refractivity (Wildman–Crippen MR) is 176 cm³/mol. The number of ketones is 1. The largest absolute Gasteiger partial charge is 0.412 e. The first-order chi connectivity index (χ1) is 22.1. The van der Waals surface area contributed by atoms with Crippen LogP contribution in [0.5, 0.6) is 5.75 Å². The highest BCUT2D eigenvalue weighted by Crippen LogP contribution is 2.60. The van der Waals surface area contributed by atoms with Crippen molar-refractivity contribution in [2.75, 3.05) is 25.1 Å². The van der Waals surface area contributed by atoms with E-state index in [0.717, 1.165) is 18.4 Å². The highest BCUT2D eigenvalue weighted by Gasteiger charge is 2.67. The average Bonchev–Trinajstić information content (AvgIpc) is 3.43. The van der Waals surface area contributed by atoms with E-state index in [-0.39, 0.29) is 47.0 Å². The molecule has 0 unspecified atom stereocenters. The number of aromatic nitrogens is 3. The molecule has 3 heterocycles. The zero-order valence-corrected chi connectivity index (χ0v) is 27.5. The molecule has 0 bridgehead atoms. The predicted octanol–water partition coefficient (Wildman–Crippen LogP) is 4.96. The Kier molecular flexibility index (Phi) is 10.0. The van der Waals surface area contributed by atoms with Crippen molar-refractivity contribution in [3.8, 4) is 5.75 Å². The lowest BCUT2D eigenvalue weighted by Gasteiger charge is -2.27. The summed E-state index contributed by atoms with van der Waals surface area (Å²) in [7, 11) is 0. The molecule has 1 saturated heterocycles. The fourth-order valence-electron chi connectivity index (χ4n) is 5.98. The number of unbranched alkanes of at least 4 members (excludes halogenated alkanes) is 1. The molecule has 242 valence electrons. The number of rotatable bonds is 14. The SMILES string of the molecule is C=CCCCNC(=O)Oc1ccc2c(C(C)=O)nn(CC(=O)N3[C@@H](C(=O)Nc4nc(Br)ccc4C)C[C@]4(COCC=C)C[C@@H]34)c2c1. The summed E-state index contributed by atoms with van der Waals surface area (Å²) in [6.45, 7) is 11.6. The Morgan fingerprint density at radius 1 is 1.15 bits per heavy atom.